The molecule has 1 N–H and O–H groups in total. The zero-order chi connectivity index (χ0) is 9.14. The zero-order valence-electron chi connectivity index (χ0n) is 7.33. The van der Waals surface area contributed by atoms with Crippen LogP contribution in [-0.2, 0) is 0 Å². The fourth-order valence-corrected chi connectivity index (χ4v) is 1.34. The molecule has 0 aliphatic heterocycles. The molecule has 0 amide bonds. The first-order valence-corrected chi connectivity index (χ1v) is 3.87. The number of aliphatic hydroxyl groups is 1. The number of aryl methyl sites for hydroxylation is 2. The van der Waals surface area contributed by atoms with Gasteiger partial charge >= 0.3 is 0 Å². The molecule has 1 aromatic carbocycles. The van der Waals surface area contributed by atoms with E-state index in [0.29, 0.717) is 0 Å². The van der Waals surface area contributed by atoms with E-state index in [1.165, 1.54) is 0 Å². The molecule has 0 spiro atoms. The Morgan fingerprint density at radius 1 is 1.33 bits per heavy atom. The Labute approximate surface area is 73.0 Å². The molecular weight excluding hydrogens is 148 g/mol. The van der Waals surface area contributed by atoms with Gasteiger partial charge in [0.15, 0.2) is 0 Å². The maximum absolute atomic E-state index is 9.45. The predicted octanol–water partition coefficient (Wildman–Crippen LogP) is 1.97. The SMILES string of the molecule is C#CC(O)c1c(C)cccc1C. The van der Waals surface area contributed by atoms with Crippen LogP contribution in [0.2, 0.25) is 0 Å². The lowest BCUT2D eigenvalue weighted by molar-refractivity contribution is 0.237. The molecule has 0 bridgehead atoms. The molecule has 1 aromatic rings. The average Bonchev–Trinajstić information content (AvgIpc) is 2.03. The number of hydrogen-bond acceptors (Lipinski definition) is 1. The summed E-state index contributed by atoms with van der Waals surface area (Å²) in [5.41, 5.74) is 2.95. The molecule has 62 valence electrons. The Hall–Kier alpha value is -1.26. The van der Waals surface area contributed by atoms with E-state index in [1.807, 2.05) is 32.0 Å². The molecule has 0 fully saturated rings. The summed E-state index contributed by atoms with van der Waals surface area (Å²) in [6.45, 7) is 3.89. The highest BCUT2D eigenvalue weighted by Gasteiger charge is 2.08. The summed E-state index contributed by atoms with van der Waals surface area (Å²) in [5, 5.41) is 9.45. The summed E-state index contributed by atoms with van der Waals surface area (Å²) < 4.78 is 0. The summed E-state index contributed by atoms with van der Waals surface area (Å²) in [7, 11) is 0. The highest BCUT2D eigenvalue weighted by molar-refractivity contribution is 5.38. The molecule has 1 heteroatoms. The summed E-state index contributed by atoms with van der Waals surface area (Å²) in [4.78, 5) is 0. The molecule has 0 heterocycles. The molecule has 12 heavy (non-hydrogen) atoms. The summed E-state index contributed by atoms with van der Waals surface area (Å²) >= 11 is 0. The summed E-state index contributed by atoms with van der Waals surface area (Å²) in [6, 6.07) is 5.85. The average molecular weight is 160 g/mol. The third-order valence-electron chi connectivity index (χ3n) is 1.97. The Morgan fingerprint density at radius 3 is 2.25 bits per heavy atom. The van der Waals surface area contributed by atoms with E-state index in [4.69, 9.17) is 6.42 Å². The van der Waals surface area contributed by atoms with Gasteiger partial charge in [-0.25, -0.2) is 0 Å². The van der Waals surface area contributed by atoms with Gasteiger partial charge in [0.1, 0.15) is 6.10 Å². The second kappa shape index (κ2) is 3.42. The maximum atomic E-state index is 9.45. The van der Waals surface area contributed by atoms with Gasteiger partial charge < -0.3 is 5.11 Å². The van der Waals surface area contributed by atoms with Gasteiger partial charge in [0.05, 0.1) is 0 Å². The van der Waals surface area contributed by atoms with Crippen LogP contribution in [-0.4, -0.2) is 5.11 Å². The molecule has 1 rings (SSSR count). The van der Waals surface area contributed by atoms with Crippen molar-refractivity contribution in [2.75, 3.05) is 0 Å². The van der Waals surface area contributed by atoms with Crippen LogP contribution in [0.1, 0.15) is 22.8 Å². The predicted molar refractivity (Wildman–Crippen MR) is 49.7 cm³/mol. The van der Waals surface area contributed by atoms with Crippen molar-refractivity contribution in [2.45, 2.75) is 20.0 Å². The number of hydrogen-bond donors (Lipinski definition) is 1. The van der Waals surface area contributed by atoms with Crippen molar-refractivity contribution in [3.05, 3.63) is 34.9 Å². The quantitative estimate of drug-likeness (QED) is 0.623. The van der Waals surface area contributed by atoms with Crippen LogP contribution in [0.4, 0.5) is 0 Å². The topological polar surface area (TPSA) is 20.2 Å². The highest BCUT2D eigenvalue weighted by atomic mass is 16.3. The first-order valence-electron chi connectivity index (χ1n) is 3.87. The van der Waals surface area contributed by atoms with E-state index in [2.05, 4.69) is 5.92 Å². The summed E-state index contributed by atoms with van der Waals surface area (Å²) in [6.07, 6.45) is 4.37. The molecule has 0 aliphatic rings. The highest BCUT2D eigenvalue weighted by Crippen LogP contribution is 2.20. The Morgan fingerprint density at radius 2 is 1.83 bits per heavy atom. The van der Waals surface area contributed by atoms with Crippen LogP contribution in [0, 0.1) is 26.2 Å². The van der Waals surface area contributed by atoms with Gasteiger partial charge in [-0.1, -0.05) is 24.1 Å². The first-order chi connectivity index (χ1) is 5.66. The van der Waals surface area contributed by atoms with Gasteiger partial charge in [-0.3, -0.25) is 0 Å². The fourth-order valence-electron chi connectivity index (χ4n) is 1.34. The molecule has 0 aromatic heterocycles. The zero-order valence-corrected chi connectivity index (χ0v) is 7.33. The van der Waals surface area contributed by atoms with E-state index in [0.717, 1.165) is 16.7 Å². The number of benzene rings is 1. The lowest BCUT2D eigenvalue weighted by Gasteiger charge is -2.10. The molecule has 1 nitrogen and oxygen atoms in total. The van der Waals surface area contributed by atoms with Crippen molar-refractivity contribution >= 4 is 0 Å². The van der Waals surface area contributed by atoms with Crippen LogP contribution < -0.4 is 0 Å². The normalized spacial score (nSPS) is 12.2. The minimum Gasteiger partial charge on any atom is -0.376 e. The number of aliphatic hydroxyl groups excluding tert-OH is 1. The van der Waals surface area contributed by atoms with Gasteiger partial charge in [-0.2, -0.15) is 0 Å². The third-order valence-corrected chi connectivity index (χ3v) is 1.97. The Kier molecular flexibility index (Phi) is 2.52. The van der Waals surface area contributed by atoms with E-state index < -0.39 is 6.10 Å². The van der Waals surface area contributed by atoms with Crippen molar-refractivity contribution < 1.29 is 5.11 Å². The lowest BCUT2D eigenvalue weighted by Crippen LogP contribution is -1.99. The monoisotopic (exact) mass is 160 g/mol. The molecular formula is C11H12O. The van der Waals surface area contributed by atoms with E-state index >= 15 is 0 Å². The van der Waals surface area contributed by atoms with Crippen LogP contribution in [0.25, 0.3) is 0 Å². The summed E-state index contributed by atoms with van der Waals surface area (Å²) in [5.74, 6) is 2.32. The maximum Gasteiger partial charge on any atom is 0.140 e. The van der Waals surface area contributed by atoms with E-state index in [-0.39, 0.29) is 0 Å². The van der Waals surface area contributed by atoms with Crippen molar-refractivity contribution in [2.24, 2.45) is 0 Å². The molecule has 0 radical (unpaired) electrons. The second-order valence-corrected chi connectivity index (χ2v) is 2.87. The fraction of sp³-hybridized carbons (Fsp3) is 0.273. The first kappa shape index (κ1) is 8.83. The number of terminal acetylenes is 1. The lowest BCUT2D eigenvalue weighted by atomic mass is 9.98. The minimum absolute atomic E-state index is 0.772. The van der Waals surface area contributed by atoms with Crippen LogP contribution in [0.3, 0.4) is 0 Å². The molecule has 0 aliphatic carbocycles. The molecule has 1 unspecified atom stereocenters. The smallest absolute Gasteiger partial charge is 0.140 e. The van der Waals surface area contributed by atoms with Gasteiger partial charge in [-0.15, -0.1) is 6.42 Å². The van der Waals surface area contributed by atoms with Gasteiger partial charge in [0.2, 0.25) is 0 Å². The standard InChI is InChI=1S/C11H12O/c1-4-10(12)11-8(2)6-5-7-9(11)3/h1,5-7,10,12H,2-3H3. The van der Waals surface area contributed by atoms with Crippen LogP contribution in [0.5, 0.6) is 0 Å². The van der Waals surface area contributed by atoms with E-state index in [1.54, 1.807) is 0 Å². The van der Waals surface area contributed by atoms with E-state index in [9.17, 15) is 5.11 Å². The van der Waals surface area contributed by atoms with Gasteiger partial charge in [0.25, 0.3) is 0 Å². The molecule has 0 saturated carbocycles. The Balaban J connectivity index is 3.23. The largest absolute Gasteiger partial charge is 0.376 e. The van der Waals surface area contributed by atoms with Crippen molar-refractivity contribution in [3.8, 4) is 12.3 Å². The third kappa shape index (κ3) is 1.49. The van der Waals surface area contributed by atoms with Crippen molar-refractivity contribution in [3.63, 3.8) is 0 Å². The number of rotatable bonds is 1. The van der Waals surface area contributed by atoms with Gasteiger partial charge in [-0.05, 0) is 30.5 Å². The minimum atomic E-state index is -0.772. The van der Waals surface area contributed by atoms with Crippen molar-refractivity contribution in [1.29, 1.82) is 0 Å². The van der Waals surface area contributed by atoms with Crippen LogP contribution in [0.15, 0.2) is 18.2 Å². The Bertz CT molecular complexity index is 300. The van der Waals surface area contributed by atoms with Crippen molar-refractivity contribution in [1.82, 2.24) is 0 Å². The molecule has 1 atom stereocenters. The molecule has 0 saturated heterocycles. The second-order valence-electron chi connectivity index (χ2n) is 2.87. The van der Waals surface area contributed by atoms with Crippen LogP contribution >= 0.6 is 0 Å². The van der Waals surface area contributed by atoms with Gasteiger partial charge in [0, 0.05) is 0 Å².